The monoisotopic (exact) mass is 383 g/mol. The summed E-state index contributed by atoms with van der Waals surface area (Å²) in [7, 11) is 0. The van der Waals surface area contributed by atoms with Crippen LogP contribution in [0.15, 0.2) is 51.8 Å². The third-order valence-electron chi connectivity index (χ3n) is 4.60. The number of para-hydroxylation sites is 2. The second kappa shape index (κ2) is 8.26. The normalized spacial score (nSPS) is 16.4. The summed E-state index contributed by atoms with van der Waals surface area (Å²) < 4.78 is 17.7. The summed E-state index contributed by atoms with van der Waals surface area (Å²) in [6, 6.07) is 10.8. The summed E-state index contributed by atoms with van der Waals surface area (Å²) >= 11 is 0. The lowest BCUT2D eigenvalue weighted by atomic mass is 10.2. The van der Waals surface area contributed by atoms with Gasteiger partial charge in [0.15, 0.2) is 5.58 Å². The minimum atomic E-state index is -0.458. The van der Waals surface area contributed by atoms with E-state index < -0.39 is 5.76 Å². The van der Waals surface area contributed by atoms with Gasteiger partial charge in [0.2, 0.25) is 11.8 Å². The van der Waals surface area contributed by atoms with Crippen LogP contribution in [0.25, 0.3) is 11.1 Å². The number of rotatable bonds is 7. The second-order valence-electron chi connectivity index (χ2n) is 6.62. The molecule has 1 saturated heterocycles. The topological polar surface area (TPSA) is 95.6 Å². The van der Waals surface area contributed by atoms with Crippen LogP contribution in [0.3, 0.4) is 0 Å². The van der Waals surface area contributed by atoms with Crippen LogP contribution in [0.5, 0.6) is 5.88 Å². The first-order valence-electron chi connectivity index (χ1n) is 9.23. The van der Waals surface area contributed by atoms with E-state index in [1.165, 1.54) is 4.57 Å². The summed E-state index contributed by atoms with van der Waals surface area (Å²) in [5, 5.41) is 2.86. The number of nitrogens with zero attached hydrogens (tertiary/aromatic N) is 2. The maximum atomic E-state index is 12.2. The van der Waals surface area contributed by atoms with Gasteiger partial charge in [0.05, 0.1) is 18.7 Å². The molecule has 146 valence electrons. The van der Waals surface area contributed by atoms with E-state index in [0.717, 1.165) is 12.0 Å². The highest BCUT2D eigenvalue weighted by atomic mass is 16.5. The first-order chi connectivity index (χ1) is 13.7. The number of pyridine rings is 1. The number of carbonyl (C=O) groups is 1. The Balaban J connectivity index is 1.31. The van der Waals surface area contributed by atoms with Gasteiger partial charge in [-0.1, -0.05) is 12.1 Å². The quantitative estimate of drug-likeness (QED) is 0.669. The Labute approximate surface area is 161 Å². The van der Waals surface area contributed by atoms with Crippen molar-refractivity contribution in [3.05, 3.63) is 58.7 Å². The fraction of sp³-hybridized carbons (Fsp3) is 0.350. The zero-order valence-corrected chi connectivity index (χ0v) is 15.3. The standard InChI is InChI=1S/C20H21N3O5/c24-18(6-9-23-16-3-1-2-4-17(16)28-20(23)25)22-12-14-5-8-21-19(11-14)27-15-7-10-26-13-15/h1-5,8,11,15H,6-7,9-10,12-13H2,(H,22,24). The maximum Gasteiger partial charge on any atom is 0.419 e. The van der Waals surface area contributed by atoms with Crippen molar-refractivity contribution in [2.75, 3.05) is 13.2 Å². The Bertz CT molecular complexity index is 1020. The molecule has 1 amide bonds. The Morgan fingerprint density at radius 2 is 2.21 bits per heavy atom. The molecule has 3 heterocycles. The predicted molar refractivity (Wildman–Crippen MR) is 101 cm³/mol. The molecule has 1 unspecified atom stereocenters. The zero-order chi connectivity index (χ0) is 19.3. The highest BCUT2D eigenvalue weighted by molar-refractivity contribution is 5.76. The number of benzene rings is 1. The van der Waals surface area contributed by atoms with Gasteiger partial charge in [-0.3, -0.25) is 9.36 Å². The summed E-state index contributed by atoms with van der Waals surface area (Å²) in [4.78, 5) is 28.3. The van der Waals surface area contributed by atoms with Crippen molar-refractivity contribution in [3.8, 4) is 5.88 Å². The predicted octanol–water partition coefficient (Wildman–Crippen LogP) is 1.86. The van der Waals surface area contributed by atoms with Crippen LogP contribution in [0.4, 0.5) is 0 Å². The summed E-state index contributed by atoms with van der Waals surface area (Å²) in [6.07, 6.45) is 2.71. The molecule has 0 saturated carbocycles. The smallest absolute Gasteiger partial charge is 0.419 e. The van der Waals surface area contributed by atoms with Crippen LogP contribution in [-0.2, 0) is 22.6 Å². The van der Waals surface area contributed by atoms with E-state index in [4.69, 9.17) is 13.9 Å². The molecule has 1 N–H and O–H groups in total. The van der Waals surface area contributed by atoms with Crippen molar-refractivity contribution in [1.29, 1.82) is 0 Å². The first kappa shape index (κ1) is 18.2. The maximum absolute atomic E-state index is 12.2. The van der Waals surface area contributed by atoms with Crippen LogP contribution >= 0.6 is 0 Å². The van der Waals surface area contributed by atoms with Gasteiger partial charge in [-0.15, -0.1) is 0 Å². The molecule has 8 nitrogen and oxygen atoms in total. The Morgan fingerprint density at radius 3 is 3.07 bits per heavy atom. The van der Waals surface area contributed by atoms with Crippen LogP contribution in [0.1, 0.15) is 18.4 Å². The van der Waals surface area contributed by atoms with E-state index in [-0.39, 0.29) is 25.0 Å². The molecule has 1 fully saturated rings. The van der Waals surface area contributed by atoms with E-state index in [9.17, 15) is 9.59 Å². The molecule has 28 heavy (non-hydrogen) atoms. The summed E-state index contributed by atoms with van der Waals surface area (Å²) in [6.45, 7) is 1.90. The molecule has 0 radical (unpaired) electrons. The van der Waals surface area contributed by atoms with E-state index in [0.29, 0.717) is 36.7 Å². The number of carbonyl (C=O) groups excluding carboxylic acids is 1. The number of ether oxygens (including phenoxy) is 2. The molecular formula is C20H21N3O5. The minimum absolute atomic E-state index is 0.0282. The highest BCUT2D eigenvalue weighted by Crippen LogP contribution is 2.16. The molecular weight excluding hydrogens is 362 g/mol. The molecule has 1 aromatic carbocycles. The molecule has 0 spiro atoms. The van der Waals surface area contributed by atoms with E-state index in [1.807, 2.05) is 18.2 Å². The molecule has 0 bridgehead atoms. The van der Waals surface area contributed by atoms with Gasteiger partial charge in [-0.05, 0) is 23.8 Å². The lowest BCUT2D eigenvalue weighted by molar-refractivity contribution is -0.121. The van der Waals surface area contributed by atoms with Gasteiger partial charge in [0.25, 0.3) is 0 Å². The van der Waals surface area contributed by atoms with E-state index >= 15 is 0 Å². The lowest BCUT2D eigenvalue weighted by Crippen LogP contribution is -2.26. The van der Waals surface area contributed by atoms with Gasteiger partial charge < -0.3 is 19.2 Å². The fourth-order valence-electron chi connectivity index (χ4n) is 3.13. The van der Waals surface area contributed by atoms with Crippen LogP contribution < -0.4 is 15.8 Å². The Morgan fingerprint density at radius 1 is 1.32 bits per heavy atom. The van der Waals surface area contributed by atoms with Crippen molar-refractivity contribution in [2.45, 2.75) is 32.0 Å². The Hall–Kier alpha value is -3.13. The molecule has 2 aromatic heterocycles. The van der Waals surface area contributed by atoms with Crippen molar-refractivity contribution >= 4 is 17.0 Å². The second-order valence-corrected chi connectivity index (χ2v) is 6.62. The number of aromatic nitrogens is 2. The van der Waals surface area contributed by atoms with Crippen molar-refractivity contribution in [1.82, 2.24) is 14.9 Å². The van der Waals surface area contributed by atoms with E-state index in [2.05, 4.69) is 10.3 Å². The number of nitrogens with one attached hydrogen (secondary N) is 1. The van der Waals surface area contributed by atoms with E-state index in [1.54, 1.807) is 24.4 Å². The van der Waals surface area contributed by atoms with Crippen LogP contribution in [0.2, 0.25) is 0 Å². The summed E-state index contributed by atoms with van der Waals surface area (Å²) in [5.41, 5.74) is 2.10. The number of oxazole rings is 1. The molecule has 0 aliphatic carbocycles. The SMILES string of the molecule is O=C(CCn1c(=O)oc2ccccc21)NCc1ccnc(OC2CCOC2)c1. The molecule has 3 aromatic rings. The lowest BCUT2D eigenvalue weighted by Gasteiger charge is -2.12. The number of amides is 1. The Kier molecular flexibility index (Phi) is 5.38. The fourth-order valence-corrected chi connectivity index (χ4v) is 3.13. The molecule has 1 atom stereocenters. The highest BCUT2D eigenvalue weighted by Gasteiger charge is 2.17. The van der Waals surface area contributed by atoms with Gasteiger partial charge in [-0.2, -0.15) is 0 Å². The van der Waals surface area contributed by atoms with Crippen LogP contribution in [-0.4, -0.2) is 34.8 Å². The molecule has 4 rings (SSSR count). The molecule has 1 aliphatic heterocycles. The van der Waals surface area contributed by atoms with Crippen molar-refractivity contribution in [3.63, 3.8) is 0 Å². The third kappa shape index (κ3) is 4.23. The largest absolute Gasteiger partial charge is 0.472 e. The third-order valence-corrected chi connectivity index (χ3v) is 4.60. The number of aryl methyl sites for hydroxylation is 1. The van der Waals surface area contributed by atoms with Gasteiger partial charge in [-0.25, -0.2) is 9.78 Å². The molecule has 1 aliphatic rings. The number of fused-ring (bicyclic) bond motifs is 1. The zero-order valence-electron chi connectivity index (χ0n) is 15.3. The summed E-state index contributed by atoms with van der Waals surface area (Å²) in [5.74, 6) is -0.0832. The minimum Gasteiger partial charge on any atom is -0.472 e. The van der Waals surface area contributed by atoms with Gasteiger partial charge >= 0.3 is 5.76 Å². The number of hydrogen-bond acceptors (Lipinski definition) is 6. The van der Waals surface area contributed by atoms with Crippen LogP contribution in [0, 0.1) is 0 Å². The number of hydrogen-bond donors (Lipinski definition) is 1. The van der Waals surface area contributed by atoms with Gasteiger partial charge in [0, 0.05) is 38.2 Å². The average molecular weight is 383 g/mol. The van der Waals surface area contributed by atoms with Crippen molar-refractivity contribution < 1.29 is 18.7 Å². The van der Waals surface area contributed by atoms with Gasteiger partial charge in [0.1, 0.15) is 6.10 Å². The molecule has 8 heteroatoms. The average Bonchev–Trinajstić information content (AvgIpc) is 3.32. The van der Waals surface area contributed by atoms with Crippen molar-refractivity contribution in [2.24, 2.45) is 0 Å². The first-order valence-corrected chi connectivity index (χ1v) is 9.23.